The topological polar surface area (TPSA) is 97.5 Å². The van der Waals surface area contributed by atoms with E-state index in [1.54, 1.807) is 6.92 Å². The van der Waals surface area contributed by atoms with E-state index in [1.165, 1.54) is 12.1 Å². The molecule has 0 aromatic heterocycles. The molecule has 0 heterocycles. The molecular weight excluding hydrogens is 230 g/mol. The van der Waals surface area contributed by atoms with Gasteiger partial charge in [-0.15, -0.1) is 0 Å². The average molecular weight is 243 g/mol. The molecule has 0 spiro atoms. The Kier molecular flexibility index (Phi) is 3.23. The summed E-state index contributed by atoms with van der Waals surface area (Å²) in [6.07, 6.45) is 1.12. The van der Waals surface area contributed by atoms with E-state index in [0.717, 1.165) is 6.26 Å². The third-order valence-electron chi connectivity index (χ3n) is 2.28. The lowest BCUT2D eigenvalue weighted by Gasteiger charge is -2.09. The van der Waals surface area contributed by atoms with E-state index in [0.29, 0.717) is 11.1 Å². The highest BCUT2D eigenvalue weighted by molar-refractivity contribution is 7.89. The van der Waals surface area contributed by atoms with Gasteiger partial charge in [-0.2, -0.15) is 0 Å². The number of benzene rings is 1. The van der Waals surface area contributed by atoms with Gasteiger partial charge < -0.3 is 10.8 Å². The summed E-state index contributed by atoms with van der Waals surface area (Å²) in [7, 11) is -3.15. The SMILES string of the molecule is Cc1c(CS(C)(=O)=O)ccc(C(=O)O)c1N. The summed E-state index contributed by atoms with van der Waals surface area (Å²) in [5.41, 5.74) is 6.78. The van der Waals surface area contributed by atoms with Gasteiger partial charge in [0.1, 0.15) is 0 Å². The van der Waals surface area contributed by atoms with Crippen molar-refractivity contribution in [2.75, 3.05) is 12.0 Å². The van der Waals surface area contributed by atoms with E-state index < -0.39 is 15.8 Å². The van der Waals surface area contributed by atoms with Crippen molar-refractivity contribution in [3.63, 3.8) is 0 Å². The van der Waals surface area contributed by atoms with Gasteiger partial charge in [-0.1, -0.05) is 6.07 Å². The van der Waals surface area contributed by atoms with E-state index in [1.807, 2.05) is 0 Å². The van der Waals surface area contributed by atoms with Gasteiger partial charge in [0.05, 0.1) is 11.3 Å². The normalized spacial score (nSPS) is 11.4. The number of sulfone groups is 1. The highest BCUT2D eigenvalue weighted by atomic mass is 32.2. The molecule has 0 radical (unpaired) electrons. The van der Waals surface area contributed by atoms with E-state index in [9.17, 15) is 13.2 Å². The van der Waals surface area contributed by atoms with E-state index in [2.05, 4.69) is 0 Å². The van der Waals surface area contributed by atoms with Crippen molar-refractivity contribution in [1.82, 2.24) is 0 Å². The molecule has 0 aliphatic heterocycles. The number of nitrogens with two attached hydrogens (primary N) is 1. The van der Waals surface area contributed by atoms with Crippen molar-refractivity contribution in [2.45, 2.75) is 12.7 Å². The zero-order valence-corrected chi connectivity index (χ0v) is 9.84. The second-order valence-corrected chi connectivity index (χ2v) is 5.83. The Balaban J connectivity index is 3.28. The number of nitrogen functional groups attached to an aromatic ring is 1. The molecule has 0 saturated heterocycles. The predicted molar refractivity (Wildman–Crippen MR) is 61.1 cm³/mol. The third kappa shape index (κ3) is 2.73. The molecule has 3 N–H and O–H groups in total. The van der Waals surface area contributed by atoms with Gasteiger partial charge in [-0.3, -0.25) is 0 Å². The fourth-order valence-corrected chi connectivity index (χ4v) is 2.28. The van der Waals surface area contributed by atoms with Crippen LogP contribution in [0.15, 0.2) is 12.1 Å². The van der Waals surface area contributed by atoms with Gasteiger partial charge >= 0.3 is 5.97 Å². The number of anilines is 1. The fourth-order valence-electron chi connectivity index (χ4n) is 1.40. The second-order valence-electron chi connectivity index (χ2n) is 3.69. The average Bonchev–Trinajstić information content (AvgIpc) is 2.10. The maximum absolute atomic E-state index is 11.1. The lowest BCUT2D eigenvalue weighted by Crippen LogP contribution is -2.08. The predicted octanol–water partition coefficient (Wildman–Crippen LogP) is 0.820. The van der Waals surface area contributed by atoms with Crippen LogP contribution >= 0.6 is 0 Å². The molecule has 0 aliphatic rings. The van der Waals surface area contributed by atoms with Gasteiger partial charge in [-0.25, -0.2) is 13.2 Å². The summed E-state index contributed by atoms with van der Waals surface area (Å²) in [5.74, 6) is -1.25. The largest absolute Gasteiger partial charge is 0.478 e. The molecule has 0 atom stereocenters. The lowest BCUT2D eigenvalue weighted by molar-refractivity contribution is 0.0698. The standard InChI is InChI=1S/C10H13NO4S/c1-6-7(5-16(2,14)15)3-4-8(9(6)11)10(12)13/h3-4H,5,11H2,1-2H3,(H,12,13). The highest BCUT2D eigenvalue weighted by Gasteiger charge is 2.14. The molecule has 1 aromatic carbocycles. The first-order valence-corrected chi connectivity index (χ1v) is 6.57. The Morgan fingerprint density at radius 1 is 1.44 bits per heavy atom. The number of carbonyl (C=O) groups is 1. The zero-order valence-electron chi connectivity index (χ0n) is 9.02. The summed E-state index contributed by atoms with van der Waals surface area (Å²) in [6, 6.07) is 2.81. The zero-order chi connectivity index (χ0) is 12.5. The second kappa shape index (κ2) is 4.13. The molecule has 0 aliphatic carbocycles. The number of carboxylic acid groups (broad SMARTS) is 1. The van der Waals surface area contributed by atoms with Crippen LogP contribution < -0.4 is 5.73 Å². The van der Waals surface area contributed by atoms with Crippen LogP contribution in [-0.4, -0.2) is 25.7 Å². The first-order chi connectivity index (χ1) is 7.22. The first kappa shape index (κ1) is 12.5. The third-order valence-corrected chi connectivity index (χ3v) is 3.11. The van der Waals surface area contributed by atoms with Crippen LogP contribution in [0, 0.1) is 6.92 Å². The van der Waals surface area contributed by atoms with Crippen molar-refractivity contribution >= 4 is 21.5 Å². The Hall–Kier alpha value is -1.56. The van der Waals surface area contributed by atoms with E-state index in [-0.39, 0.29) is 17.0 Å². The van der Waals surface area contributed by atoms with Crippen LogP contribution in [-0.2, 0) is 15.6 Å². The molecule has 88 valence electrons. The van der Waals surface area contributed by atoms with Crippen molar-refractivity contribution in [3.05, 3.63) is 28.8 Å². The highest BCUT2D eigenvalue weighted by Crippen LogP contribution is 2.22. The summed E-state index contributed by atoms with van der Waals surface area (Å²) in [5, 5.41) is 8.82. The number of aromatic carboxylic acids is 1. The minimum absolute atomic E-state index is 0.00486. The Morgan fingerprint density at radius 2 is 2.00 bits per heavy atom. The van der Waals surface area contributed by atoms with Crippen molar-refractivity contribution in [3.8, 4) is 0 Å². The quantitative estimate of drug-likeness (QED) is 0.766. The van der Waals surface area contributed by atoms with E-state index >= 15 is 0 Å². The van der Waals surface area contributed by atoms with Crippen LogP contribution in [0.1, 0.15) is 21.5 Å². The van der Waals surface area contributed by atoms with Crippen molar-refractivity contribution < 1.29 is 18.3 Å². The smallest absolute Gasteiger partial charge is 0.337 e. The monoisotopic (exact) mass is 243 g/mol. The molecule has 5 nitrogen and oxygen atoms in total. The van der Waals surface area contributed by atoms with Gasteiger partial charge in [-0.05, 0) is 24.1 Å². The lowest BCUT2D eigenvalue weighted by atomic mass is 10.0. The van der Waals surface area contributed by atoms with Crippen LogP contribution in [0.2, 0.25) is 0 Å². The summed E-state index contributed by atoms with van der Waals surface area (Å²) in [6.45, 7) is 1.61. The Morgan fingerprint density at radius 3 is 2.44 bits per heavy atom. The Bertz CT molecular complexity index is 534. The molecule has 0 fully saturated rings. The molecule has 1 rings (SSSR count). The molecule has 1 aromatic rings. The number of carboxylic acids is 1. The number of hydrogen-bond donors (Lipinski definition) is 2. The first-order valence-electron chi connectivity index (χ1n) is 4.51. The van der Waals surface area contributed by atoms with Gasteiger partial charge in [0.25, 0.3) is 0 Å². The van der Waals surface area contributed by atoms with E-state index in [4.69, 9.17) is 10.8 Å². The molecule has 16 heavy (non-hydrogen) atoms. The van der Waals surface area contributed by atoms with Crippen molar-refractivity contribution in [2.24, 2.45) is 0 Å². The van der Waals surface area contributed by atoms with Crippen molar-refractivity contribution in [1.29, 1.82) is 0 Å². The van der Waals surface area contributed by atoms with Gasteiger partial charge in [0.15, 0.2) is 9.84 Å². The molecule has 0 amide bonds. The van der Waals surface area contributed by atoms with Gasteiger partial charge in [0, 0.05) is 11.9 Å². The van der Waals surface area contributed by atoms with Crippen LogP contribution in [0.5, 0.6) is 0 Å². The molecule has 0 saturated carbocycles. The van der Waals surface area contributed by atoms with Gasteiger partial charge in [0.2, 0.25) is 0 Å². The fraction of sp³-hybridized carbons (Fsp3) is 0.300. The summed E-state index contributed by atoms with van der Waals surface area (Å²) in [4.78, 5) is 10.8. The minimum atomic E-state index is -3.15. The van der Waals surface area contributed by atoms with Crippen LogP contribution in [0.4, 0.5) is 5.69 Å². The van der Waals surface area contributed by atoms with Crippen LogP contribution in [0.3, 0.4) is 0 Å². The minimum Gasteiger partial charge on any atom is -0.478 e. The number of hydrogen-bond acceptors (Lipinski definition) is 4. The summed E-state index contributed by atoms with van der Waals surface area (Å²) >= 11 is 0. The molecule has 0 bridgehead atoms. The van der Waals surface area contributed by atoms with Crippen LogP contribution in [0.25, 0.3) is 0 Å². The maximum Gasteiger partial charge on any atom is 0.337 e. The maximum atomic E-state index is 11.1. The molecular formula is C10H13NO4S. The molecule has 0 unspecified atom stereocenters. The number of rotatable bonds is 3. The summed E-state index contributed by atoms with van der Waals surface area (Å²) < 4.78 is 22.3. The Labute approximate surface area is 93.8 Å². The molecule has 6 heteroatoms.